The average molecular weight is 356 g/mol. The molecule has 0 radical (unpaired) electrons. The van der Waals surface area contributed by atoms with Gasteiger partial charge in [-0.3, -0.25) is 14.3 Å². The summed E-state index contributed by atoms with van der Waals surface area (Å²) >= 11 is 6.16. The SMILES string of the molecule is CC(NC(=O)CCn1ncc(=O)c2ccccc21)c1ccccc1Cl. The van der Waals surface area contributed by atoms with Crippen LogP contribution in [0.25, 0.3) is 10.9 Å². The van der Waals surface area contributed by atoms with Crippen LogP contribution in [0.1, 0.15) is 24.9 Å². The number of amides is 1. The highest BCUT2D eigenvalue weighted by Crippen LogP contribution is 2.22. The molecule has 0 saturated heterocycles. The van der Waals surface area contributed by atoms with E-state index >= 15 is 0 Å². The van der Waals surface area contributed by atoms with Crippen LogP contribution in [-0.4, -0.2) is 15.7 Å². The number of nitrogens with zero attached hydrogens (tertiary/aromatic N) is 2. The summed E-state index contributed by atoms with van der Waals surface area (Å²) in [6.45, 7) is 2.29. The lowest BCUT2D eigenvalue weighted by Crippen LogP contribution is -2.28. The van der Waals surface area contributed by atoms with Gasteiger partial charge in [0.2, 0.25) is 11.3 Å². The first kappa shape index (κ1) is 17.2. The van der Waals surface area contributed by atoms with Crippen LogP contribution in [0.5, 0.6) is 0 Å². The topological polar surface area (TPSA) is 64.0 Å². The molecule has 1 amide bonds. The summed E-state index contributed by atoms with van der Waals surface area (Å²) in [6.07, 6.45) is 1.54. The van der Waals surface area contributed by atoms with Crippen LogP contribution < -0.4 is 10.7 Å². The van der Waals surface area contributed by atoms with Crippen molar-refractivity contribution in [3.8, 4) is 0 Å². The Labute approximate surface area is 150 Å². The van der Waals surface area contributed by atoms with E-state index in [1.165, 1.54) is 6.20 Å². The van der Waals surface area contributed by atoms with E-state index in [9.17, 15) is 9.59 Å². The number of rotatable bonds is 5. The zero-order valence-electron chi connectivity index (χ0n) is 13.8. The normalized spacial score (nSPS) is 12.1. The summed E-state index contributed by atoms with van der Waals surface area (Å²) < 4.78 is 1.68. The van der Waals surface area contributed by atoms with Crippen molar-refractivity contribution >= 4 is 28.4 Å². The zero-order valence-corrected chi connectivity index (χ0v) is 14.5. The molecular formula is C19H18ClN3O2. The molecule has 25 heavy (non-hydrogen) atoms. The Bertz CT molecular complexity index is 968. The first-order valence-corrected chi connectivity index (χ1v) is 8.42. The molecule has 0 saturated carbocycles. The standard InChI is InChI=1S/C19H18ClN3O2/c1-13(14-6-2-4-8-16(14)20)22-19(25)10-11-23-17-9-5-3-7-15(17)18(24)12-21-23/h2-9,12-13H,10-11H2,1H3,(H,22,25). The Hall–Kier alpha value is -2.66. The molecule has 0 spiro atoms. The lowest BCUT2D eigenvalue weighted by molar-refractivity contribution is -0.122. The predicted molar refractivity (Wildman–Crippen MR) is 98.6 cm³/mol. The van der Waals surface area contributed by atoms with Gasteiger partial charge in [-0.1, -0.05) is 41.9 Å². The lowest BCUT2D eigenvalue weighted by Gasteiger charge is -2.16. The minimum absolute atomic E-state index is 0.1000. The second kappa shape index (κ2) is 7.49. The largest absolute Gasteiger partial charge is 0.349 e. The molecule has 0 bridgehead atoms. The lowest BCUT2D eigenvalue weighted by atomic mass is 10.1. The molecule has 1 atom stereocenters. The third-order valence-electron chi connectivity index (χ3n) is 4.06. The highest BCUT2D eigenvalue weighted by molar-refractivity contribution is 6.31. The Kier molecular flexibility index (Phi) is 5.14. The fourth-order valence-corrected chi connectivity index (χ4v) is 3.06. The Morgan fingerprint density at radius 3 is 2.72 bits per heavy atom. The number of hydrogen-bond acceptors (Lipinski definition) is 3. The highest BCUT2D eigenvalue weighted by Gasteiger charge is 2.12. The van der Waals surface area contributed by atoms with E-state index in [1.807, 2.05) is 43.3 Å². The number of benzene rings is 2. The van der Waals surface area contributed by atoms with Gasteiger partial charge in [0.15, 0.2) is 0 Å². The summed E-state index contributed by atoms with van der Waals surface area (Å²) in [5.41, 5.74) is 1.48. The molecule has 1 N–H and O–H groups in total. The van der Waals surface area contributed by atoms with Gasteiger partial charge in [-0.25, -0.2) is 0 Å². The van der Waals surface area contributed by atoms with Crippen molar-refractivity contribution in [2.24, 2.45) is 0 Å². The average Bonchev–Trinajstić information content (AvgIpc) is 2.61. The third-order valence-corrected chi connectivity index (χ3v) is 4.41. The fourth-order valence-electron chi connectivity index (χ4n) is 2.76. The second-order valence-corrected chi connectivity index (χ2v) is 6.22. The van der Waals surface area contributed by atoms with E-state index in [4.69, 9.17) is 11.6 Å². The maximum Gasteiger partial charge on any atom is 0.222 e. The van der Waals surface area contributed by atoms with Crippen LogP contribution in [-0.2, 0) is 11.3 Å². The number of halogens is 1. The van der Waals surface area contributed by atoms with Crippen molar-refractivity contribution in [2.45, 2.75) is 25.9 Å². The fraction of sp³-hybridized carbons (Fsp3) is 0.211. The summed E-state index contributed by atoms with van der Waals surface area (Å²) in [6, 6.07) is 14.5. The number of hydrogen-bond donors (Lipinski definition) is 1. The maximum atomic E-state index is 12.3. The van der Waals surface area contributed by atoms with Crippen LogP contribution in [0.4, 0.5) is 0 Å². The molecule has 0 fully saturated rings. The molecule has 0 aliphatic rings. The summed E-state index contributed by atoms with van der Waals surface area (Å²) in [7, 11) is 0. The van der Waals surface area contributed by atoms with Crippen molar-refractivity contribution in [3.63, 3.8) is 0 Å². The molecule has 128 valence electrons. The van der Waals surface area contributed by atoms with Crippen molar-refractivity contribution in [3.05, 3.63) is 75.5 Å². The molecule has 2 aromatic carbocycles. The minimum Gasteiger partial charge on any atom is -0.349 e. The van der Waals surface area contributed by atoms with Gasteiger partial charge in [0, 0.05) is 16.8 Å². The number of aryl methyl sites for hydroxylation is 1. The van der Waals surface area contributed by atoms with E-state index in [2.05, 4.69) is 10.4 Å². The number of para-hydroxylation sites is 1. The number of carbonyl (C=O) groups excluding carboxylic acids is 1. The van der Waals surface area contributed by atoms with E-state index in [1.54, 1.807) is 16.8 Å². The van der Waals surface area contributed by atoms with Gasteiger partial charge in [-0.05, 0) is 30.7 Å². The summed E-state index contributed by atoms with van der Waals surface area (Å²) in [5.74, 6) is -0.1000. The molecule has 0 aliphatic heterocycles. The summed E-state index contributed by atoms with van der Waals surface area (Å²) in [5, 5.41) is 8.30. The van der Waals surface area contributed by atoms with Gasteiger partial charge in [0.05, 0.1) is 24.3 Å². The van der Waals surface area contributed by atoms with Crippen molar-refractivity contribution in [1.82, 2.24) is 15.1 Å². The molecule has 3 aromatic rings. The van der Waals surface area contributed by atoms with Gasteiger partial charge >= 0.3 is 0 Å². The quantitative estimate of drug-likeness (QED) is 0.763. The third kappa shape index (κ3) is 3.88. The number of fused-ring (bicyclic) bond motifs is 1. The minimum atomic E-state index is -0.181. The highest BCUT2D eigenvalue weighted by atomic mass is 35.5. The monoisotopic (exact) mass is 355 g/mol. The molecule has 1 aromatic heterocycles. The number of carbonyl (C=O) groups is 1. The Morgan fingerprint density at radius 1 is 1.20 bits per heavy atom. The van der Waals surface area contributed by atoms with Crippen LogP contribution >= 0.6 is 11.6 Å². The molecule has 1 unspecified atom stereocenters. The first-order valence-electron chi connectivity index (χ1n) is 8.05. The smallest absolute Gasteiger partial charge is 0.222 e. The van der Waals surface area contributed by atoms with Gasteiger partial charge in [-0.15, -0.1) is 0 Å². The van der Waals surface area contributed by atoms with Gasteiger partial charge < -0.3 is 5.32 Å². The first-order chi connectivity index (χ1) is 12.1. The van der Waals surface area contributed by atoms with E-state index in [0.717, 1.165) is 11.1 Å². The van der Waals surface area contributed by atoms with Crippen LogP contribution in [0.2, 0.25) is 5.02 Å². The van der Waals surface area contributed by atoms with Crippen LogP contribution in [0, 0.1) is 0 Å². The molecule has 3 rings (SSSR count). The van der Waals surface area contributed by atoms with E-state index < -0.39 is 0 Å². The van der Waals surface area contributed by atoms with Crippen LogP contribution in [0.15, 0.2) is 59.5 Å². The predicted octanol–water partition coefficient (Wildman–Crippen LogP) is 3.32. The second-order valence-electron chi connectivity index (χ2n) is 5.81. The number of nitrogens with one attached hydrogen (secondary N) is 1. The Balaban J connectivity index is 1.68. The molecule has 5 nitrogen and oxygen atoms in total. The van der Waals surface area contributed by atoms with E-state index in [0.29, 0.717) is 17.0 Å². The van der Waals surface area contributed by atoms with Gasteiger partial charge in [-0.2, -0.15) is 5.10 Å². The van der Waals surface area contributed by atoms with Crippen molar-refractivity contribution in [1.29, 1.82) is 0 Å². The maximum absolute atomic E-state index is 12.3. The van der Waals surface area contributed by atoms with Crippen molar-refractivity contribution in [2.75, 3.05) is 0 Å². The molecule has 1 heterocycles. The molecular weight excluding hydrogens is 338 g/mol. The summed E-state index contributed by atoms with van der Waals surface area (Å²) in [4.78, 5) is 24.1. The van der Waals surface area contributed by atoms with E-state index in [-0.39, 0.29) is 23.8 Å². The molecule has 0 aliphatic carbocycles. The number of aromatic nitrogens is 2. The van der Waals surface area contributed by atoms with Gasteiger partial charge in [0.1, 0.15) is 0 Å². The van der Waals surface area contributed by atoms with Gasteiger partial charge in [0.25, 0.3) is 0 Å². The van der Waals surface area contributed by atoms with Crippen LogP contribution in [0.3, 0.4) is 0 Å². The van der Waals surface area contributed by atoms with Crippen molar-refractivity contribution < 1.29 is 4.79 Å². The molecule has 6 heteroatoms. The zero-order chi connectivity index (χ0) is 17.8. The Morgan fingerprint density at radius 2 is 1.92 bits per heavy atom.